The van der Waals surface area contributed by atoms with Crippen molar-refractivity contribution in [3.8, 4) is 138 Å². The Kier molecular flexibility index (Phi) is 20.2. The number of unbranched alkanes of at least 4 members (excludes halogenated alkanes) is 7. The van der Waals surface area contributed by atoms with E-state index in [0.29, 0.717) is 140 Å². The molecule has 0 spiro atoms. The molecule has 0 fully saturated rings. The standard InChI is InChI=1S/C116H122O24/c1-117-93-45-69-33-79-55-105-95(119-3)47-71(79)37-83-59-109-97(121-5)49-73(83)35-81(69)57-103(93)129-21-23-133-107-61-85-39-75-51-99(123-7)111(135-27-25-131-105)63-87(75)43-91-65-113(115(139-31-29-137-109)67-89(91)41-77(85)53-101(107)125-9)127-19-17-15-13-11-12-14-16-18-20-128-114-66-92-44-88-64-112-100(124-8)52-76(88)40-86-62-108-102(126-10)54-78(86)42-90(92)68-116(114)140-32-30-138-110-60-84-38-72-48-96(120-4)106(132-26-28-136-112)56-80(72)34-70-46-94(118-2)104(130-22-24-134-108)58-82(70)36-74(84)50-98(110)122-6/h45-68H,11-44H2,1-10H3/i1D3,3D3,5D3,7D3,9D3,21D2,23D2,25D2,27D2,29D2,31D2. The molecule has 0 atom stereocenters. The van der Waals surface area contributed by atoms with E-state index in [9.17, 15) is 16.4 Å². The van der Waals surface area contributed by atoms with Gasteiger partial charge in [0.25, 0.3) is 0 Å². The molecule has 24 heterocycles. The van der Waals surface area contributed by atoms with Gasteiger partial charge >= 0.3 is 0 Å². The van der Waals surface area contributed by atoms with Gasteiger partial charge in [-0.15, -0.1) is 0 Å². The van der Waals surface area contributed by atoms with Crippen molar-refractivity contribution in [2.24, 2.45) is 0 Å². The van der Waals surface area contributed by atoms with Crippen LogP contribution in [0.1, 0.15) is 222 Å². The molecule has 24 nitrogen and oxygen atoms in total. The zero-order chi connectivity index (χ0) is 119. The van der Waals surface area contributed by atoms with E-state index in [0.717, 1.165) is 153 Å². The van der Waals surface area contributed by atoms with Crippen molar-refractivity contribution >= 4 is 0 Å². The summed E-state index contributed by atoms with van der Waals surface area (Å²) >= 11 is 0. The predicted molar refractivity (Wildman–Crippen MR) is 530 cm³/mol. The minimum Gasteiger partial charge on any atom is -0.493 e. The fourth-order valence-corrected chi connectivity index (χ4v) is 19.7. The van der Waals surface area contributed by atoms with Gasteiger partial charge in [-0.1, -0.05) is 38.5 Å². The van der Waals surface area contributed by atoms with Crippen LogP contribution in [0.25, 0.3) is 0 Å². The zero-order valence-electron chi connectivity index (χ0n) is 105. The van der Waals surface area contributed by atoms with E-state index in [2.05, 4.69) is 6.07 Å². The maximum atomic E-state index is 9.84. The first kappa shape index (κ1) is 66.4. The highest BCUT2D eigenvalue weighted by Gasteiger charge is 2.32. The Morgan fingerprint density at radius 3 is 0.464 bits per heavy atom. The molecule has 0 unspecified atom stereocenters. The zero-order valence-corrected chi connectivity index (χ0v) is 78.0. The summed E-state index contributed by atoms with van der Waals surface area (Å²) in [7, 11) is -9.03. The highest BCUT2D eigenvalue weighted by Crippen LogP contribution is 2.50. The molecule has 0 amide bonds. The lowest BCUT2D eigenvalue weighted by Crippen LogP contribution is -2.13. The molecule has 140 heavy (non-hydrogen) atoms. The smallest absolute Gasteiger partial charge is 0.161 e. The van der Waals surface area contributed by atoms with Gasteiger partial charge < -0.3 is 114 Å². The van der Waals surface area contributed by atoms with Crippen LogP contribution < -0.4 is 114 Å². The Morgan fingerprint density at radius 1 is 0.171 bits per heavy atom. The summed E-state index contributed by atoms with van der Waals surface area (Å²) in [6.07, 6.45) is 5.25. The summed E-state index contributed by atoms with van der Waals surface area (Å²) in [4.78, 5) is 0. The van der Waals surface area contributed by atoms with Crippen LogP contribution in [0.15, 0.2) is 146 Å². The molecule has 36 bridgehead atoms. The van der Waals surface area contributed by atoms with Crippen molar-refractivity contribution < 1.29 is 151 Å². The van der Waals surface area contributed by atoms with Crippen LogP contribution in [-0.4, -0.2) is 163 Å². The van der Waals surface area contributed by atoms with Gasteiger partial charge in [0.2, 0.25) is 0 Å². The lowest BCUT2D eigenvalue weighted by atomic mass is 9.94. The van der Waals surface area contributed by atoms with E-state index in [-0.39, 0.29) is 125 Å². The number of benzene rings is 12. The fourth-order valence-electron chi connectivity index (χ4n) is 19.7. The SMILES string of the molecule is [2H]C([2H])([2H])Oc1cc2c3cc1OC([2H])([2H])C([2H])([2H])Oc1cc4c(cc1OCCCCCCCCCCOc1cc5c6cc1OCCOc1cc7c(cc1OC)Cc1cc8c(OC)cc1Cc1cc(c(OC)cc1C7)OCCOc1cc(c(cc1OC)Cc1cc(c(OC)cc1C6)OCCO8)C5)Cc1cc5c(OC([2H])([2H])[2H])cc1Cc1cc(c(OC([2H])([2H])[2H])cc1C4)OC([2H])([2H])C([2H])([2H])Oc1cc(c(cc1OC([2H])([2H])[2H])Cc1cc(c(OC([2H])([2H])[2H])cc1C3)OC([2H])([2H])C([2H])([2H])O5)C2. The molecule has 24 aliphatic heterocycles. The van der Waals surface area contributed by atoms with Gasteiger partial charge in [-0.25, -0.2) is 0 Å². The van der Waals surface area contributed by atoms with E-state index in [4.69, 9.17) is 134 Å². The second-order valence-corrected chi connectivity index (χ2v) is 35.3. The average molecular weight is 1930 g/mol. The molecule has 24 heteroatoms. The summed E-state index contributed by atoms with van der Waals surface area (Å²) in [5.74, 6) is -2.63. The first-order chi connectivity index (χ1) is 78.9. The third-order valence-electron chi connectivity index (χ3n) is 26.9. The summed E-state index contributed by atoms with van der Waals surface area (Å²) < 4.78 is 391. The summed E-state index contributed by atoms with van der Waals surface area (Å²) in [6.45, 7) is -22.0. The minimum absolute atomic E-state index is 0.00429. The van der Waals surface area contributed by atoms with Crippen LogP contribution in [0.2, 0.25) is 0 Å². The van der Waals surface area contributed by atoms with Crippen LogP contribution in [0.4, 0.5) is 0 Å². The lowest BCUT2D eigenvalue weighted by Gasteiger charge is -2.20. The van der Waals surface area contributed by atoms with E-state index >= 15 is 0 Å². The average Bonchev–Trinajstić information content (AvgIpc) is 1.73. The summed E-state index contributed by atoms with van der Waals surface area (Å²) in [5.41, 5.74) is 12.0. The summed E-state index contributed by atoms with van der Waals surface area (Å²) in [6, 6.07) is 37.8. The molecule has 12 aromatic rings. The molecule has 0 aromatic heterocycles. The molecule has 12 aromatic carbocycles. The number of methoxy groups -OCH3 is 10. The first-order valence-corrected chi connectivity index (χ1v) is 46.6. The van der Waals surface area contributed by atoms with Crippen LogP contribution in [0.3, 0.4) is 0 Å². The number of ether oxygens (including phenoxy) is 24. The Labute approximate surface area is 856 Å². The third-order valence-corrected chi connectivity index (χ3v) is 26.9. The Hall–Kier alpha value is -14.2. The molecule has 0 saturated carbocycles. The second kappa shape index (κ2) is 42.7. The molecule has 4 aliphatic carbocycles. The molecule has 0 radical (unpaired) electrons. The molecular formula is C116H122O24. The van der Waals surface area contributed by atoms with Gasteiger partial charge in [0.1, 0.15) is 79.0 Å². The van der Waals surface area contributed by atoms with Crippen LogP contribution in [-0.2, 0) is 77.0 Å². The summed E-state index contributed by atoms with van der Waals surface area (Å²) in [5, 5.41) is 0. The maximum absolute atomic E-state index is 9.84. The van der Waals surface area contributed by atoms with Gasteiger partial charge in [-0.3, -0.25) is 0 Å². The quantitative estimate of drug-likeness (QED) is 0.0543. The Morgan fingerprint density at radius 2 is 0.300 bits per heavy atom. The van der Waals surface area contributed by atoms with Gasteiger partial charge in [-0.2, -0.15) is 0 Å². The van der Waals surface area contributed by atoms with Gasteiger partial charge in [0, 0.05) is 0 Å². The maximum Gasteiger partial charge on any atom is 0.161 e. The van der Waals surface area contributed by atoms with E-state index in [1.165, 1.54) is 12.1 Å². The highest BCUT2D eigenvalue weighted by atomic mass is 16.6. The monoisotopic (exact) mass is 1930 g/mol. The van der Waals surface area contributed by atoms with Crippen molar-refractivity contribution in [2.75, 3.05) is 163 Å². The molecular weight excluding hydrogens is 1780 g/mol. The van der Waals surface area contributed by atoms with E-state index in [1.54, 1.807) is 35.5 Å². The fraction of sp³-hybridized carbons (Fsp3) is 0.379. The second-order valence-electron chi connectivity index (χ2n) is 35.3. The van der Waals surface area contributed by atoms with Crippen molar-refractivity contribution in [1.82, 2.24) is 0 Å². The van der Waals surface area contributed by atoms with Crippen molar-refractivity contribution in [3.63, 3.8) is 0 Å². The molecule has 28 aliphatic rings. The Bertz CT molecular complexity index is 7810. The molecule has 730 valence electrons. The van der Waals surface area contributed by atoms with E-state index < -0.39 is 170 Å². The number of rotatable bonds is 23. The predicted octanol–water partition coefficient (Wildman–Crippen LogP) is 20.7. The van der Waals surface area contributed by atoms with Gasteiger partial charge in [-0.05, 0) is 369 Å². The number of hydrogen-bond acceptors (Lipinski definition) is 24. The topological polar surface area (TPSA) is 222 Å². The van der Waals surface area contributed by atoms with Gasteiger partial charge in [0.15, 0.2) is 138 Å². The Balaban J connectivity index is 0.620. The van der Waals surface area contributed by atoms with Crippen LogP contribution >= 0.6 is 0 Å². The minimum atomic E-state index is -3.86. The van der Waals surface area contributed by atoms with Crippen LogP contribution in [0.5, 0.6) is 138 Å². The largest absolute Gasteiger partial charge is 0.493 e. The third kappa shape index (κ3) is 20.4. The van der Waals surface area contributed by atoms with Gasteiger partial charge in [0.05, 0.1) is 121 Å². The van der Waals surface area contributed by atoms with Crippen LogP contribution in [0, 0.1) is 0 Å². The highest BCUT2D eigenvalue weighted by molar-refractivity contribution is 5.66. The van der Waals surface area contributed by atoms with Crippen molar-refractivity contribution in [1.29, 1.82) is 0 Å². The molecule has 0 saturated heterocycles. The molecule has 40 rings (SSSR count). The van der Waals surface area contributed by atoms with E-state index in [1.807, 2.05) is 66.7 Å². The number of hydrogen-bond donors (Lipinski definition) is 0. The first-order valence-electron chi connectivity index (χ1n) is 60.1. The lowest BCUT2D eigenvalue weighted by molar-refractivity contribution is 0.201. The normalized spacial score (nSPS) is 20.2. The molecule has 0 N–H and O–H groups in total. The van der Waals surface area contributed by atoms with Crippen molar-refractivity contribution in [2.45, 2.75) is 128 Å². The van der Waals surface area contributed by atoms with Crippen molar-refractivity contribution in [3.05, 3.63) is 279 Å².